The van der Waals surface area contributed by atoms with Crippen LogP contribution in [0, 0.1) is 0 Å². The fourth-order valence-electron chi connectivity index (χ4n) is 2.53. The van der Waals surface area contributed by atoms with Gasteiger partial charge < -0.3 is 18.6 Å². The molecule has 128 valence electrons. The molecule has 1 heterocycles. The fraction of sp³-hybridized carbons (Fsp3) is 0.158. The third-order valence-electron chi connectivity index (χ3n) is 3.66. The topological polar surface area (TPSA) is 75.0 Å². The Labute approximate surface area is 143 Å². The molecule has 0 fully saturated rings. The fourth-order valence-corrected chi connectivity index (χ4v) is 2.53. The summed E-state index contributed by atoms with van der Waals surface area (Å²) in [4.78, 5) is 23.4. The maximum Gasteiger partial charge on any atom is 0.344 e. The molecule has 0 unspecified atom stereocenters. The third-order valence-corrected chi connectivity index (χ3v) is 3.66. The summed E-state index contributed by atoms with van der Waals surface area (Å²) in [6, 6.07) is 11.8. The molecule has 0 amide bonds. The molecular weight excluding hydrogens is 324 g/mol. The van der Waals surface area contributed by atoms with Crippen molar-refractivity contribution in [3.8, 4) is 28.4 Å². The number of hydrogen-bond donors (Lipinski definition) is 0. The van der Waals surface area contributed by atoms with Crippen LogP contribution in [0.4, 0.5) is 0 Å². The smallest absolute Gasteiger partial charge is 0.344 e. The van der Waals surface area contributed by atoms with Gasteiger partial charge in [-0.3, -0.25) is 4.79 Å². The highest BCUT2D eigenvalue weighted by Gasteiger charge is 2.12. The third kappa shape index (κ3) is 3.33. The Morgan fingerprint density at radius 3 is 2.40 bits per heavy atom. The molecule has 25 heavy (non-hydrogen) atoms. The minimum atomic E-state index is -0.500. The van der Waals surface area contributed by atoms with Gasteiger partial charge in [0.2, 0.25) is 0 Å². The molecule has 0 atom stereocenters. The molecule has 3 aromatic rings. The summed E-state index contributed by atoms with van der Waals surface area (Å²) in [7, 11) is 3.07. The van der Waals surface area contributed by atoms with Crippen LogP contribution in [0.2, 0.25) is 0 Å². The molecule has 0 spiro atoms. The lowest BCUT2D eigenvalue weighted by Crippen LogP contribution is -2.04. The van der Waals surface area contributed by atoms with E-state index in [-0.39, 0.29) is 0 Å². The number of fused-ring (bicyclic) bond motifs is 1. The predicted molar refractivity (Wildman–Crippen MR) is 92.3 cm³/mol. The zero-order valence-electron chi connectivity index (χ0n) is 14.0. The van der Waals surface area contributed by atoms with Crippen molar-refractivity contribution in [3.63, 3.8) is 0 Å². The van der Waals surface area contributed by atoms with E-state index < -0.39 is 11.6 Å². The molecule has 2 aromatic carbocycles. The normalized spacial score (nSPS) is 10.5. The van der Waals surface area contributed by atoms with E-state index in [1.807, 2.05) is 0 Å². The first-order valence-corrected chi connectivity index (χ1v) is 7.50. The van der Waals surface area contributed by atoms with Crippen molar-refractivity contribution >= 4 is 16.9 Å². The Bertz CT molecular complexity index is 1000. The van der Waals surface area contributed by atoms with Gasteiger partial charge >= 0.3 is 11.6 Å². The number of rotatable bonds is 4. The highest BCUT2D eigenvalue weighted by molar-refractivity contribution is 5.83. The highest BCUT2D eigenvalue weighted by atomic mass is 16.5. The SMILES string of the molecule is COc1ccc(-c2cc3ccc(OC(C)=O)cc3oc2=O)cc1OC. The van der Waals surface area contributed by atoms with Crippen molar-refractivity contribution in [1.82, 2.24) is 0 Å². The van der Waals surface area contributed by atoms with Gasteiger partial charge in [-0.25, -0.2) is 4.79 Å². The van der Waals surface area contributed by atoms with Crippen molar-refractivity contribution in [3.05, 3.63) is 52.9 Å². The van der Waals surface area contributed by atoms with E-state index in [4.69, 9.17) is 18.6 Å². The average molecular weight is 340 g/mol. The summed E-state index contributed by atoms with van der Waals surface area (Å²) in [6.07, 6.45) is 0. The van der Waals surface area contributed by atoms with E-state index in [1.165, 1.54) is 20.1 Å². The summed E-state index contributed by atoms with van der Waals surface area (Å²) in [5.41, 5.74) is 0.888. The van der Waals surface area contributed by atoms with Crippen LogP contribution in [0.1, 0.15) is 6.92 Å². The minimum Gasteiger partial charge on any atom is -0.493 e. The standard InChI is InChI=1S/C19H16O6/c1-11(20)24-14-6-4-13-8-15(19(21)25-17(13)10-14)12-5-7-16(22-2)18(9-12)23-3/h4-10H,1-3H3. The second kappa shape index (κ2) is 6.68. The van der Waals surface area contributed by atoms with Gasteiger partial charge in [0.1, 0.15) is 11.3 Å². The lowest BCUT2D eigenvalue weighted by molar-refractivity contribution is -0.131. The maximum absolute atomic E-state index is 12.4. The van der Waals surface area contributed by atoms with E-state index in [0.29, 0.717) is 39.3 Å². The Morgan fingerprint density at radius 1 is 0.960 bits per heavy atom. The van der Waals surface area contributed by atoms with Crippen molar-refractivity contribution in [2.45, 2.75) is 6.92 Å². The first-order valence-electron chi connectivity index (χ1n) is 7.50. The summed E-state index contributed by atoms with van der Waals surface area (Å²) < 4.78 is 20.9. The number of carbonyl (C=O) groups excluding carboxylic acids is 1. The number of hydrogen-bond acceptors (Lipinski definition) is 6. The first kappa shape index (κ1) is 16.6. The highest BCUT2D eigenvalue weighted by Crippen LogP contribution is 2.32. The number of methoxy groups -OCH3 is 2. The zero-order chi connectivity index (χ0) is 18.0. The first-order chi connectivity index (χ1) is 12.0. The van der Waals surface area contributed by atoms with Gasteiger partial charge in [0.05, 0.1) is 19.8 Å². The van der Waals surface area contributed by atoms with E-state index in [2.05, 4.69) is 0 Å². The molecule has 0 aliphatic rings. The summed E-state index contributed by atoms with van der Waals surface area (Å²) in [6.45, 7) is 1.31. The molecule has 0 aliphatic heterocycles. The summed E-state index contributed by atoms with van der Waals surface area (Å²) in [5, 5.41) is 0.709. The van der Waals surface area contributed by atoms with Crippen molar-refractivity contribution in [1.29, 1.82) is 0 Å². The van der Waals surface area contributed by atoms with E-state index in [0.717, 1.165) is 0 Å². The maximum atomic E-state index is 12.4. The van der Waals surface area contributed by atoms with Crippen molar-refractivity contribution < 1.29 is 23.4 Å². The molecule has 6 heteroatoms. The second-order valence-electron chi connectivity index (χ2n) is 5.31. The molecule has 0 bridgehead atoms. The van der Waals surface area contributed by atoms with Gasteiger partial charge in [0.15, 0.2) is 11.5 Å². The molecule has 0 saturated carbocycles. The van der Waals surface area contributed by atoms with Crippen LogP contribution >= 0.6 is 0 Å². The quantitative estimate of drug-likeness (QED) is 0.412. The van der Waals surface area contributed by atoms with Gasteiger partial charge in [0.25, 0.3) is 0 Å². The van der Waals surface area contributed by atoms with Gasteiger partial charge in [-0.05, 0) is 35.9 Å². The van der Waals surface area contributed by atoms with Crippen molar-refractivity contribution in [2.24, 2.45) is 0 Å². The van der Waals surface area contributed by atoms with Crippen LogP contribution in [0.25, 0.3) is 22.1 Å². The second-order valence-corrected chi connectivity index (χ2v) is 5.31. The van der Waals surface area contributed by atoms with Crippen LogP contribution < -0.4 is 19.8 Å². The van der Waals surface area contributed by atoms with Gasteiger partial charge in [-0.1, -0.05) is 6.07 Å². The molecule has 0 aliphatic carbocycles. The summed E-state index contributed by atoms with van der Waals surface area (Å²) in [5.74, 6) is 0.970. The van der Waals surface area contributed by atoms with Crippen LogP contribution in [0.3, 0.4) is 0 Å². The number of esters is 1. The Morgan fingerprint density at radius 2 is 1.72 bits per heavy atom. The number of carbonyl (C=O) groups is 1. The molecule has 6 nitrogen and oxygen atoms in total. The minimum absolute atomic E-state index is 0.321. The molecule has 1 aromatic heterocycles. The van der Waals surface area contributed by atoms with E-state index in [1.54, 1.807) is 43.5 Å². The lowest BCUT2D eigenvalue weighted by atomic mass is 10.1. The number of benzene rings is 2. The zero-order valence-corrected chi connectivity index (χ0v) is 14.0. The van der Waals surface area contributed by atoms with Gasteiger partial charge in [0, 0.05) is 18.4 Å². The van der Waals surface area contributed by atoms with Crippen molar-refractivity contribution in [2.75, 3.05) is 14.2 Å². The Hall–Kier alpha value is -3.28. The molecule has 0 radical (unpaired) electrons. The van der Waals surface area contributed by atoms with Crippen LogP contribution in [-0.4, -0.2) is 20.2 Å². The Balaban J connectivity index is 2.10. The Kier molecular flexibility index (Phi) is 4.43. The average Bonchev–Trinajstić information content (AvgIpc) is 2.60. The van der Waals surface area contributed by atoms with Crippen LogP contribution in [0.15, 0.2) is 51.7 Å². The van der Waals surface area contributed by atoms with Crippen LogP contribution in [-0.2, 0) is 4.79 Å². The monoisotopic (exact) mass is 340 g/mol. The molecule has 0 saturated heterocycles. The number of ether oxygens (including phenoxy) is 3. The van der Waals surface area contributed by atoms with E-state index >= 15 is 0 Å². The van der Waals surface area contributed by atoms with Gasteiger partial charge in [-0.15, -0.1) is 0 Å². The van der Waals surface area contributed by atoms with Gasteiger partial charge in [-0.2, -0.15) is 0 Å². The molecule has 0 N–H and O–H groups in total. The lowest BCUT2D eigenvalue weighted by Gasteiger charge is -2.09. The predicted octanol–water partition coefficient (Wildman–Crippen LogP) is 3.40. The van der Waals surface area contributed by atoms with E-state index in [9.17, 15) is 9.59 Å². The van der Waals surface area contributed by atoms with Crippen LogP contribution in [0.5, 0.6) is 17.2 Å². The largest absolute Gasteiger partial charge is 0.493 e. The summed E-state index contributed by atoms with van der Waals surface area (Å²) >= 11 is 0. The molecular formula is C19H16O6. The molecule has 3 rings (SSSR count).